The molecule has 0 aliphatic heterocycles. The molecule has 0 aliphatic carbocycles. The first-order chi connectivity index (χ1) is 13.3. The van der Waals surface area contributed by atoms with Gasteiger partial charge in [0.25, 0.3) is 5.91 Å². The maximum absolute atomic E-state index is 13.3. The van der Waals surface area contributed by atoms with Crippen molar-refractivity contribution in [2.75, 3.05) is 7.05 Å². The highest BCUT2D eigenvalue weighted by molar-refractivity contribution is 6.13. The van der Waals surface area contributed by atoms with Crippen LogP contribution in [0.4, 0.5) is 4.39 Å². The van der Waals surface area contributed by atoms with Crippen LogP contribution in [0.1, 0.15) is 29.8 Å². The molecule has 0 unspecified atom stereocenters. The number of nitrogens with one attached hydrogen (secondary N) is 1. The minimum absolute atomic E-state index is 0.00623. The van der Waals surface area contributed by atoms with Gasteiger partial charge in [0.2, 0.25) is 5.91 Å². The number of nitrogens with two attached hydrogens (primary N) is 1. The van der Waals surface area contributed by atoms with Gasteiger partial charge in [-0.25, -0.2) is 4.39 Å². The molecule has 0 radical (unpaired) electrons. The highest BCUT2D eigenvalue weighted by Gasteiger charge is 2.25. The van der Waals surface area contributed by atoms with Crippen molar-refractivity contribution in [3.63, 3.8) is 0 Å². The Kier molecular flexibility index (Phi) is 5.35. The molecule has 6 nitrogen and oxygen atoms in total. The van der Waals surface area contributed by atoms with E-state index in [9.17, 15) is 14.0 Å². The zero-order chi connectivity index (χ0) is 20.4. The quantitative estimate of drug-likeness (QED) is 0.681. The van der Waals surface area contributed by atoms with Gasteiger partial charge < -0.3 is 20.2 Å². The van der Waals surface area contributed by atoms with Crippen LogP contribution in [-0.4, -0.2) is 25.0 Å². The molecule has 28 heavy (non-hydrogen) atoms. The largest absolute Gasteiger partial charge is 0.490 e. The minimum atomic E-state index is -0.494. The number of halogens is 1. The molecule has 0 aliphatic rings. The Morgan fingerprint density at radius 2 is 1.89 bits per heavy atom. The lowest BCUT2D eigenvalue weighted by Crippen LogP contribution is -2.18. The molecule has 3 rings (SSSR count). The molecule has 0 saturated carbocycles. The fourth-order valence-corrected chi connectivity index (χ4v) is 3.04. The maximum Gasteiger partial charge on any atom is 0.255 e. The van der Waals surface area contributed by atoms with E-state index in [1.54, 1.807) is 12.1 Å². The van der Waals surface area contributed by atoms with Crippen LogP contribution in [0.2, 0.25) is 0 Å². The molecule has 146 valence electrons. The van der Waals surface area contributed by atoms with Crippen molar-refractivity contribution in [1.29, 1.82) is 0 Å². The highest BCUT2D eigenvalue weighted by Crippen LogP contribution is 2.40. The molecule has 7 heteroatoms. The number of rotatable bonds is 6. The Balaban J connectivity index is 2.33. The third-order valence-electron chi connectivity index (χ3n) is 4.12. The monoisotopic (exact) mass is 384 g/mol. The summed E-state index contributed by atoms with van der Waals surface area (Å²) in [7, 11) is 1.51. The summed E-state index contributed by atoms with van der Waals surface area (Å²) in [5, 5.41) is 3.09. The summed E-state index contributed by atoms with van der Waals surface area (Å²) in [6.45, 7) is 3.71. The third kappa shape index (κ3) is 3.83. The van der Waals surface area contributed by atoms with Gasteiger partial charge in [0, 0.05) is 12.6 Å². The maximum atomic E-state index is 13.3. The van der Waals surface area contributed by atoms with Gasteiger partial charge in [-0.2, -0.15) is 0 Å². The second-order valence-corrected chi connectivity index (χ2v) is 6.67. The Morgan fingerprint density at radius 3 is 2.46 bits per heavy atom. The van der Waals surface area contributed by atoms with Crippen LogP contribution < -0.4 is 15.8 Å². The van der Waals surface area contributed by atoms with Crippen molar-refractivity contribution in [3.8, 4) is 17.1 Å². The van der Waals surface area contributed by atoms with Gasteiger partial charge in [0.15, 0.2) is 0 Å². The number of amides is 2. The van der Waals surface area contributed by atoms with Gasteiger partial charge in [-0.15, -0.1) is 0 Å². The van der Waals surface area contributed by atoms with Crippen molar-refractivity contribution in [2.24, 2.45) is 5.73 Å². The zero-order valence-electron chi connectivity index (χ0n) is 15.8. The molecule has 3 aromatic rings. The van der Waals surface area contributed by atoms with Crippen molar-refractivity contribution < 1.29 is 23.1 Å². The van der Waals surface area contributed by atoms with E-state index in [-0.39, 0.29) is 24.0 Å². The highest BCUT2D eigenvalue weighted by atomic mass is 19.1. The van der Waals surface area contributed by atoms with E-state index in [0.717, 1.165) is 0 Å². The molecule has 1 aromatic heterocycles. The summed E-state index contributed by atoms with van der Waals surface area (Å²) >= 11 is 0. The smallest absolute Gasteiger partial charge is 0.255 e. The number of hydrogen-bond acceptors (Lipinski definition) is 4. The van der Waals surface area contributed by atoms with E-state index in [2.05, 4.69) is 5.32 Å². The average Bonchev–Trinajstić information content (AvgIpc) is 3.00. The van der Waals surface area contributed by atoms with E-state index in [0.29, 0.717) is 33.6 Å². The number of ether oxygens (including phenoxy) is 1. The Hall–Kier alpha value is -3.35. The third-order valence-corrected chi connectivity index (χ3v) is 4.12. The van der Waals surface area contributed by atoms with E-state index in [1.165, 1.54) is 31.3 Å². The molecular formula is C21H21FN2O4. The molecule has 2 aromatic carbocycles. The normalized spacial score (nSPS) is 11.0. The number of carbonyl (C=O) groups excluding carboxylic acids is 2. The van der Waals surface area contributed by atoms with E-state index in [4.69, 9.17) is 14.9 Å². The van der Waals surface area contributed by atoms with Gasteiger partial charge in [0.05, 0.1) is 23.5 Å². The molecular weight excluding hydrogens is 363 g/mol. The molecule has 2 amide bonds. The summed E-state index contributed by atoms with van der Waals surface area (Å²) in [4.78, 5) is 24.0. The van der Waals surface area contributed by atoms with Crippen LogP contribution in [0.15, 0.2) is 40.8 Å². The summed E-state index contributed by atoms with van der Waals surface area (Å²) in [5.74, 6) is -0.548. The lowest BCUT2D eigenvalue weighted by Gasteiger charge is -2.13. The van der Waals surface area contributed by atoms with Crippen LogP contribution >= 0.6 is 0 Å². The first kappa shape index (κ1) is 19.4. The van der Waals surface area contributed by atoms with Crippen LogP contribution in [0, 0.1) is 5.82 Å². The lowest BCUT2D eigenvalue weighted by molar-refractivity contribution is -0.117. The number of furan rings is 1. The number of fused-ring (bicyclic) bond motifs is 1. The minimum Gasteiger partial charge on any atom is -0.490 e. The van der Waals surface area contributed by atoms with Crippen LogP contribution in [0.25, 0.3) is 22.3 Å². The van der Waals surface area contributed by atoms with Crippen molar-refractivity contribution in [2.45, 2.75) is 26.4 Å². The van der Waals surface area contributed by atoms with Gasteiger partial charge in [-0.05, 0) is 55.8 Å². The standard InChI is InChI=1S/C21H21FN2O4/c1-11(2)27-15-8-12(10-17(23)25)9-16-18(15)19(21(26)24-3)20(28-16)13-4-6-14(22)7-5-13/h4-9,11H,10H2,1-3H3,(H2,23,25)(H,24,26). The van der Waals surface area contributed by atoms with Gasteiger partial charge in [-0.3, -0.25) is 9.59 Å². The molecule has 0 bridgehead atoms. The van der Waals surface area contributed by atoms with Gasteiger partial charge in [0.1, 0.15) is 22.9 Å². The summed E-state index contributed by atoms with van der Waals surface area (Å²) in [6, 6.07) is 9.00. The zero-order valence-corrected chi connectivity index (χ0v) is 15.8. The fourth-order valence-electron chi connectivity index (χ4n) is 3.04. The second-order valence-electron chi connectivity index (χ2n) is 6.67. The van der Waals surface area contributed by atoms with Crippen molar-refractivity contribution in [3.05, 3.63) is 53.3 Å². The Bertz CT molecular complexity index is 1040. The van der Waals surface area contributed by atoms with Crippen molar-refractivity contribution in [1.82, 2.24) is 5.32 Å². The first-order valence-electron chi connectivity index (χ1n) is 8.82. The predicted molar refractivity (Wildman–Crippen MR) is 104 cm³/mol. The van der Waals surface area contributed by atoms with Crippen LogP contribution in [-0.2, 0) is 11.2 Å². The second kappa shape index (κ2) is 7.72. The molecule has 0 fully saturated rings. The fraction of sp³-hybridized carbons (Fsp3) is 0.238. The number of benzene rings is 2. The summed E-state index contributed by atoms with van der Waals surface area (Å²) < 4.78 is 25.2. The topological polar surface area (TPSA) is 94.6 Å². The number of hydrogen-bond donors (Lipinski definition) is 2. The number of primary amides is 1. The van der Waals surface area contributed by atoms with E-state index < -0.39 is 11.7 Å². The van der Waals surface area contributed by atoms with Crippen LogP contribution in [0.5, 0.6) is 5.75 Å². The number of carbonyl (C=O) groups is 2. The Labute approximate surface area is 161 Å². The van der Waals surface area contributed by atoms with E-state index in [1.807, 2.05) is 13.8 Å². The van der Waals surface area contributed by atoms with E-state index >= 15 is 0 Å². The first-order valence-corrected chi connectivity index (χ1v) is 8.82. The van der Waals surface area contributed by atoms with Crippen molar-refractivity contribution >= 4 is 22.8 Å². The molecule has 0 spiro atoms. The Morgan fingerprint density at radius 1 is 1.21 bits per heavy atom. The average molecular weight is 384 g/mol. The summed E-state index contributed by atoms with van der Waals surface area (Å²) in [5.41, 5.74) is 7.14. The predicted octanol–water partition coefficient (Wildman–Crippen LogP) is 3.41. The van der Waals surface area contributed by atoms with Gasteiger partial charge >= 0.3 is 0 Å². The molecule has 0 saturated heterocycles. The van der Waals surface area contributed by atoms with Gasteiger partial charge in [-0.1, -0.05) is 0 Å². The van der Waals surface area contributed by atoms with Crippen LogP contribution in [0.3, 0.4) is 0 Å². The SMILES string of the molecule is CNC(=O)c1c(-c2ccc(F)cc2)oc2cc(CC(N)=O)cc(OC(C)C)c12. The lowest BCUT2D eigenvalue weighted by atomic mass is 10.0. The molecule has 0 atom stereocenters. The molecule has 3 N–H and O–H groups in total. The molecule has 1 heterocycles. The summed E-state index contributed by atoms with van der Waals surface area (Å²) in [6.07, 6.45) is -0.166.